The minimum absolute atomic E-state index is 0.0836. The van der Waals surface area contributed by atoms with Crippen LogP contribution in [0.5, 0.6) is 0 Å². The number of carbonyl (C=O) groups excluding carboxylic acids is 1. The Morgan fingerprint density at radius 3 is 2.96 bits per heavy atom. The second-order valence-corrected chi connectivity index (χ2v) is 6.71. The van der Waals surface area contributed by atoms with Gasteiger partial charge in [0.2, 0.25) is 0 Å². The number of ether oxygens (including phenoxy) is 1. The average Bonchev–Trinajstić information content (AvgIpc) is 2.74. The normalized spacial score (nSPS) is 17.1. The fourth-order valence-electron chi connectivity index (χ4n) is 3.52. The van der Waals surface area contributed by atoms with E-state index in [0.29, 0.717) is 24.5 Å². The lowest BCUT2D eigenvalue weighted by Crippen LogP contribution is -2.45. The van der Waals surface area contributed by atoms with Gasteiger partial charge >= 0.3 is 0 Å². The molecule has 2 aromatic heterocycles. The zero-order valence-electron chi connectivity index (χ0n) is 14.9. The molecule has 8 heteroatoms. The van der Waals surface area contributed by atoms with E-state index >= 15 is 0 Å². The van der Waals surface area contributed by atoms with Crippen LogP contribution >= 0.6 is 0 Å². The van der Waals surface area contributed by atoms with Crippen molar-refractivity contribution >= 4 is 11.7 Å². The lowest BCUT2D eigenvalue weighted by atomic mass is 10.0. The third-order valence-electron chi connectivity index (χ3n) is 4.98. The van der Waals surface area contributed by atoms with Crippen LogP contribution < -0.4 is 10.2 Å². The maximum Gasteiger partial charge on any atom is 0.270 e. The molecule has 2 aliphatic rings. The first-order valence-corrected chi connectivity index (χ1v) is 9.07. The molecule has 1 saturated heterocycles. The highest BCUT2D eigenvalue weighted by molar-refractivity contribution is 5.92. The number of pyridine rings is 1. The van der Waals surface area contributed by atoms with Crippen molar-refractivity contribution in [2.24, 2.45) is 0 Å². The molecule has 1 amide bonds. The van der Waals surface area contributed by atoms with Gasteiger partial charge in [-0.2, -0.15) is 5.26 Å². The van der Waals surface area contributed by atoms with Crippen LogP contribution in [0.3, 0.4) is 0 Å². The largest absolute Gasteiger partial charge is 0.376 e. The summed E-state index contributed by atoms with van der Waals surface area (Å²) in [5.41, 5.74) is 2.99. The third-order valence-corrected chi connectivity index (χ3v) is 4.98. The maximum absolute atomic E-state index is 12.2. The van der Waals surface area contributed by atoms with E-state index in [1.807, 2.05) is 6.07 Å². The molecule has 0 unspecified atom stereocenters. The summed E-state index contributed by atoms with van der Waals surface area (Å²) < 4.78 is 5.46. The number of piperidine rings is 1. The number of nitriles is 1. The molecule has 0 bridgehead atoms. The minimum atomic E-state index is -0.180. The number of fused-ring (bicyclic) bond motifs is 1. The van der Waals surface area contributed by atoms with Crippen LogP contribution in [-0.4, -0.2) is 46.6 Å². The molecule has 0 aliphatic carbocycles. The Morgan fingerprint density at radius 1 is 1.37 bits per heavy atom. The van der Waals surface area contributed by atoms with Crippen LogP contribution in [0.15, 0.2) is 24.7 Å². The number of nitrogens with one attached hydrogen (secondary N) is 1. The Bertz CT molecular complexity index is 872. The third kappa shape index (κ3) is 3.73. The van der Waals surface area contributed by atoms with Crippen molar-refractivity contribution < 1.29 is 9.53 Å². The fourth-order valence-corrected chi connectivity index (χ4v) is 3.52. The van der Waals surface area contributed by atoms with Crippen LogP contribution in [0.4, 0.5) is 5.82 Å². The molecule has 1 N–H and O–H groups in total. The summed E-state index contributed by atoms with van der Waals surface area (Å²) in [7, 11) is 0. The smallest absolute Gasteiger partial charge is 0.270 e. The molecule has 0 saturated carbocycles. The van der Waals surface area contributed by atoms with Gasteiger partial charge < -0.3 is 15.0 Å². The van der Waals surface area contributed by atoms with Crippen molar-refractivity contribution in [3.05, 3.63) is 47.2 Å². The van der Waals surface area contributed by atoms with Crippen molar-refractivity contribution in [2.45, 2.75) is 31.9 Å². The highest BCUT2D eigenvalue weighted by Crippen LogP contribution is 2.26. The summed E-state index contributed by atoms with van der Waals surface area (Å²) in [6.07, 6.45) is 5.29. The van der Waals surface area contributed by atoms with Crippen molar-refractivity contribution in [1.82, 2.24) is 20.3 Å². The first-order valence-electron chi connectivity index (χ1n) is 9.07. The number of aromatic nitrogens is 3. The van der Waals surface area contributed by atoms with Crippen molar-refractivity contribution in [3.63, 3.8) is 0 Å². The van der Waals surface area contributed by atoms with Gasteiger partial charge in [-0.25, -0.2) is 15.0 Å². The summed E-state index contributed by atoms with van der Waals surface area (Å²) in [5.74, 6) is 0.569. The van der Waals surface area contributed by atoms with Crippen molar-refractivity contribution in [1.29, 1.82) is 5.26 Å². The average molecular weight is 364 g/mol. The van der Waals surface area contributed by atoms with E-state index in [4.69, 9.17) is 9.72 Å². The quantitative estimate of drug-likeness (QED) is 0.873. The zero-order valence-corrected chi connectivity index (χ0v) is 14.9. The van der Waals surface area contributed by atoms with E-state index in [2.05, 4.69) is 26.3 Å². The molecule has 0 aromatic carbocycles. The first-order chi connectivity index (χ1) is 13.2. The molecule has 0 spiro atoms. The molecule has 4 heterocycles. The number of nitrogens with zero attached hydrogens (tertiary/aromatic N) is 5. The standard InChI is InChI=1S/C19H20N6O2/c20-10-13-9-14-11-27-8-4-16(14)24-18(13)25-6-2-15(3-7-25)23-19(26)17-1-5-21-12-22-17/h1,5,9,12,15H,2-4,6-8,11H2,(H,23,26). The Labute approximate surface area is 157 Å². The summed E-state index contributed by atoms with van der Waals surface area (Å²) in [5, 5.41) is 12.5. The summed E-state index contributed by atoms with van der Waals surface area (Å²) in [6, 6.07) is 5.85. The second kappa shape index (κ2) is 7.68. The van der Waals surface area contributed by atoms with Crippen molar-refractivity contribution in [3.8, 4) is 6.07 Å². The lowest BCUT2D eigenvalue weighted by molar-refractivity contribution is 0.0926. The molecule has 8 nitrogen and oxygen atoms in total. The number of hydrogen-bond donors (Lipinski definition) is 1. The van der Waals surface area contributed by atoms with E-state index in [0.717, 1.165) is 49.4 Å². The highest BCUT2D eigenvalue weighted by Gasteiger charge is 2.25. The monoisotopic (exact) mass is 364 g/mol. The maximum atomic E-state index is 12.2. The van der Waals surface area contributed by atoms with E-state index in [9.17, 15) is 10.1 Å². The van der Waals surface area contributed by atoms with E-state index in [-0.39, 0.29) is 11.9 Å². The predicted molar refractivity (Wildman–Crippen MR) is 97.0 cm³/mol. The summed E-state index contributed by atoms with van der Waals surface area (Å²) in [6.45, 7) is 2.67. The molecule has 27 heavy (non-hydrogen) atoms. The molecule has 4 rings (SSSR count). The van der Waals surface area contributed by atoms with Crippen LogP contribution in [0.2, 0.25) is 0 Å². The molecule has 1 fully saturated rings. The fraction of sp³-hybridized carbons (Fsp3) is 0.421. The molecule has 138 valence electrons. The van der Waals surface area contributed by atoms with Gasteiger partial charge in [0.15, 0.2) is 0 Å². The number of anilines is 1. The summed E-state index contributed by atoms with van der Waals surface area (Å²) in [4.78, 5) is 27.0. The Balaban J connectivity index is 1.42. The van der Waals surface area contributed by atoms with Gasteiger partial charge in [-0.15, -0.1) is 0 Å². The molecular weight excluding hydrogens is 344 g/mol. The number of amides is 1. The molecule has 2 aromatic rings. The molecular formula is C19H20N6O2. The Hall–Kier alpha value is -3.05. The molecule has 0 radical (unpaired) electrons. The highest BCUT2D eigenvalue weighted by atomic mass is 16.5. The second-order valence-electron chi connectivity index (χ2n) is 6.71. The Kier molecular flexibility index (Phi) is 4.94. The number of hydrogen-bond acceptors (Lipinski definition) is 7. The van der Waals surface area contributed by atoms with Crippen LogP contribution in [0.25, 0.3) is 0 Å². The van der Waals surface area contributed by atoms with Gasteiger partial charge in [-0.05, 0) is 25.0 Å². The lowest BCUT2D eigenvalue weighted by Gasteiger charge is -2.34. The van der Waals surface area contributed by atoms with E-state index < -0.39 is 0 Å². The van der Waals surface area contributed by atoms with Gasteiger partial charge in [0.1, 0.15) is 23.9 Å². The molecule has 2 aliphatic heterocycles. The van der Waals surface area contributed by atoms with Gasteiger partial charge in [0, 0.05) is 37.3 Å². The number of rotatable bonds is 3. The predicted octanol–water partition coefficient (Wildman–Crippen LogP) is 1.21. The number of carbonyl (C=O) groups is 1. The van der Waals surface area contributed by atoms with Crippen LogP contribution in [-0.2, 0) is 17.8 Å². The van der Waals surface area contributed by atoms with Gasteiger partial charge in [-0.1, -0.05) is 0 Å². The van der Waals surface area contributed by atoms with Crippen LogP contribution in [0.1, 0.15) is 40.2 Å². The first kappa shape index (κ1) is 17.4. The van der Waals surface area contributed by atoms with Crippen molar-refractivity contribution in [2.75, 3.05) is 24.6 Å². The van der Waals surface area contributed by atoms with E-state index in [1.54, 1.807) is 12.3 Å². The van der Waals surface area contributed by atoms with Gasteiger partial charge in [-0.3, -0.25) is 4.79 Å². The minimum Gasteiger partial charge on any atom is -0.376 e. The topological polar surface area (TPSA) is 104 Å². The van der Waals surface area contributed by atoms with Gasteiger partial charge in [0.25, 0.3) is 5.91 Å². The zero-order chi connectivity index (χ0) is 18.6. The molecule has 0 atom stereocenters. The van der Waals surface area contributed by atoms with Gasteiger partial charge in [0.05, 0.1) is 24.5 Å². The Morgan fingerprint density at radius 2 is 2.22 bits per heavy atom. The van der Waals surface area contributed by atoms with Crippen LogP contribution in [0, 0.1) is 11.3 Å². The van der Waals surface area contributed by atoms with E-state index in [1.165, 1.54) is 6.33 Å². The SMILES string of the molecule is N#Cc1cc2c(nc1N1CCC(NC(=O)c3ccncn3)CC1)CCOC2. The summed E-state index contributed by atoms with van der Waals surface area (Å²) >= 11 is 0.